The molecule has 0 aliphatic carbocycles. The first-order valence-corrected chi connectivity index (χ1v) is 8.77. The first kappa shape index (κ1) is 16.9. The average Bonchev–Trinajstić information content (AvgIpc) is 2.87. The Morgan fingerprint density at radius 2 is 1.91 bits per heavy atom. The number of carbonyl (C=O) groups excluding carboxylic acids is 1. The van der Waals surface area contributed by atoms with Gasteiger partial charge in [-0.25, -0.2) is 0 Å². The summed E-state index contributed by atoms with van der Waals surface area (Å²) in [6.07, 6.45) is 0.799. The lowest BCUT2D eigenvalue weighted by atomic mass is 10.0. The van der Waals surface area contributed by atoms with Gasteiger partial charge in [-0.05, 0) is 24.0 Å². The molecular formula is C15H23N3O3S. The normalized spacial score (nSPS) is 16.2. The molecule has 1 aliphatic rings. The van der Waals surface area contributed by atoms with Gasteiger partial charge in [0.1, 0.15) is 6.04 Å². The van der Waals surface area contributed by atoms with Crippen LogP contribution in [0, 0.1) is 5.92 Å². The van der Waals surface area contributed by atoms with Crippen LogP contribution in [0.5, 0.6) is 0 Å². The van der Waals surface area contributed by atoms with Gasteiger partial charge in [0.25, 0.3) is 10.2 Å². The Balaban J connectivity index is 2.26. The number of carbonyl (C=O) groups is 1. The molecular weight excluding hydrogens is 302 g/mol. The summed E-state index contributed by atoms with van der Waals surface area (Å²) in [4.78, 5) is 14.5. The highest BCUT2D eigenvalue weighted by Crippen LogP contribution is 2.28. The van der Waals surface area contributed by atoms with Crippen LogP contribution >= 0.6 is 0 Å². The number of nitrogens with one attached hydrogen (secondary N) is 1. The van der Waals surface area contributed by atoms with E-state index in [0.29, 0.717) is 6.54 Å². The van der Waals surface area contributed by atoms with E-state index < -0.39 is 16.3 Å². The van der Waals surface area contributed by atoms with Crippen LogP contribution in [0.3, 0.4) is 0 Å². The number of benzene rings is 1. The minimum absolute atomic E-state index is 0.144. The van der Waals surface area contributed by atoms with E-state index in [-0.39, 0.29) is 11.8 Å². The van der Waals surface area contributed by atoms with Crippen molar-refractivity contribution in [2.75, 3.05) is 25.5 Å². The van der Waals surface area contributed by atoms with Crippen molar-refractivity contribution in [2.45, 2.75) is 26.3 Å². The highest BCUT2D eigenvalue weighted by atomic mass is 32.2. The topological polar surface area (TPSA) is 69.7 Å². The summed E-state index contributed by atoms with van der Waals surface area (Å²) in [7, 11) is -0.779. The molecule has 0 bridgehead atoms. The molecule has 7 heteroatoms. The van der Waals surface area contributed by atoms with Crippen LogP contribution < -0.4 is 9.62 Å². The van der Waals surface area contributed by atoms with E-state index in [2.05, 4.69) is 4.72 Å². The third-order valence-corrected chi connectivity index (χ3v) is 5.36. The maximum Gasteiger partial charge on any atom is 0.279 e. The predicted molar refractivity (Wildman–Crippen MR) is 86.9 cm³/mol. The number of rotatable bonds is 5. The molecule has 1 atom stereocenters. The molecule has 0 aromatic heterocycles. The average molecular weight is 325 g/mol. The van der Waals surface area contributed by atoms with Crippen molar-refractivity contribution in [3.8, 4) is 0 Å². The number of para-hydroxylation sites is 1. The van der Waals surface area contributed by atoms with E-state index in [9.17, 15) is 13.2 Å². The number of amides is 1. The smallest absolute Gasteiger partial charge is 0.279 e. The number of anilines is 1. The zero-order valence-corrected chi connectivity index (χ0v) is 14.2. The van der Waals surface area contributed by atoms with E-state index >= 15 is 0 Å². The fraction of sp³-hybridized carbons (Fsp3) is 0.533. The molecule has 1 heterocycles. The maximum atomic E-state index is 12.8. The molecule has 1 aromatic rings. The van der Waals surface area contributed by atoms with E-state index in [1.165, 1.54) is 14.1 Å². The summed E-state index contributed by atoms with van der Waals surface area (Å²) in [5.74, 6) is -0.347. The van der Waals surface area contributed by atoms with Gasteiger partial charge in [0.15, 0.2) is 0 Å². The van der Waals surface area contributed by atoms with Gasteiger partial charge in [0.2, 0.25) is 5.91 Å². The van der Waals surface area contributed by atoms with Gasteiger partial charge in [0, 0.05) is 26.3 Å². The highest BCUT2D eigenvalue weighted by Gasteiger charge is 2.34. The first-order valence-electron chi connectivity index (χ1n) is 7.33. The van der Waals surface area contributed by atoms with Crippen LogP contribution in [0.4, 0.5) is 5.69 Å². The van der Waals surface area contributed by atoms with Crippen LogP contribution in [-0.2, 0) is 21.4 Å². The minimum Gasteiger partial charge on any atom is -0.310 e. The number of hydrogen-bond acceptors (Lipinski definition) is 3. The molecule has 0 saturated heterocycles. The van der Waals surface area contributed by atoms with E-state index in [1.807, 2.05) is 38.1 Å². The highest BCUT2D eigenvalue weighted by molar-refractivity contribution is 7.87. The second-order valence-corrected chi connectivity index (χ2v) is 7.91. The molecule has 0 spiro atoms. The third kappa shape index (κ3) is 3.31. The van der Waals surface area contributed by atoms with Crippen molar-refractivity contribution >= 4 is 21.8 Å². The quantitative estimate of drug-likeness (QED) is 0.878. The minimum atomic E-state index is -3.66. The SMILES string of the molecule is CC(C)[C@H](NS(=O)(=O)N(C)C)C(=O)N1CCc2ccccc21. The Kier molecular flexibility index (Phi) is 4.89. The maximum absolute atomic E-state index is 12.8. The summed E-state index contributed by atoms with van der Waals surface area (Å²) in [5, 5.41) is 0. The van der Waals surface area contributed by atoms with E-state index in [0.717, 1.165) is 22.0 Å². The van der Waals surface area contributed by atoms with Crippen molar-refractivity contribution in [3.63, 3.8) is 0 Å². The van der Waals surface area contributed by atoms with Crippen LogP contribution in [0.25, 0.3) is 0 Å². The standard InChI is InChI=1S/C15H23N3O3S/c1-11(2)14(16-22(20,21)17(3)4)15(19)18-10-9-12-7-5-6-8-13(12)18/h5-8,11,14,16H,9-10H2,1-4H3/t14-/m0/s1. The predicted octanol–water partition coefficient (Wildman–Crippen LogP) is 0.996. The fourth-order valence-electron chi connectivity index (χ4n) is 2.47. The van der Waals surface area contributed by atoms with Crippen molar-refractivity contribution in [1.29, 1.82) is 0 Å². The van der Waals surface area contributed by atoms with Gasteiger partial charge in [-0.15, -0.1) is 0 Å². The van der Waals surface area contributed by atoms with Crippen LogP contribution in [0.15, 0.2) is 24.3 Å². The molecule has 0 radical (unpaired) electrons. The van der Waals surface area contributed by atoms with Gasteiger partial charge in [-0.3, -0.25) is 4.79 Å². The van der Waals surface area contributed by atoms with E-state index in [4.69, 9.17) is 0 Å². The molecule has 6 nitrogen and oxygen atoms in total. The zero-order chi connectivity index (χ0) is 16.5. The van der Waals surface area contributed by atoms with Gasteiger partial charge < -0.3 is 4.90 Å². The molecule has 1 aromatic carbocycles. The second kappa shape index (κ2) is 6.36. The van der Waals surface area contributed by atoms with Crippen molar-refractivity contribution in [2.24, 2.45) is 5.92 Å². The van der Waals surface area contributed by atoms with Gasteiger partial charge in [-0.2, -0.15) is 17.4 Å². The summed E-state index contributed by atoms with van der Waals surface area (Å²) in [5.41, 5.74) is 2.00. The lowest BCUT2D eigenvalue weighted by molar-refractivity contribution is -0.121. The second-order valence-electron chi connectivity index (χ2n) is 6.00. The first-order chi connectivity index (χ1) is 10.2. The zero-order valence-electron chi connectivity index (χ0n) is 13.4. The van der Waals surface area contributed by atoms with Gasteiger partial charge >= 0.3 is 0 Å². The van der Waals surface area contributed by atoms with Crippen LogP contribution in [0.1, 0.15) is 19.4 Å². The monoisotopic (exact) mass is 325 g/mol. The van der Waals surface area contributed by atoms with Gasteiger partial charge in [0.05, 0.1) is 0 Å². The Morgan fingerprint density at radius 3 is 2.50 bits per heavy atom. The molecule has 0 saturated carbocycles. The summed E-state index contributed by atoms with van der Waals surface area (Å²) < 4.78 is 27.7. The fourth-order valence-corrected chi connectivity index (χ4v) is 3.38. The summed E-state index contributed by atoms with van der Waals surface area (Å²) in [6.45, 7) is 4.26. The lowest BCUT2D eigenvalue weighted by Gasteiger charge is -2.28. The molecule has 0 unspecified atom stereocenters. The molecule has 22 heavy (non-hydrogen) atoms. The number of hydrogen-bond donors (Lipinski definition) is 1. The van der Waals surface area contributed by atoms with Crippen molar-refractivity contribution in [1.82, 2.24) is 9.03 Å². The molecule has 1 aliphatic heterocycles. The molecule has 122 valence electrons. The molecule has 0 fully saturated rings. The van der Waals surface area contributed by atoms with Crippen LogP contribution in [0.2, 0.25) is 0 Å². The summed E-state index contributed by atoms with van der Waals surface area (Å²) in [6, 6.07) is 6.95. The Morgan fingerprint density at radius 1 is 1.27 bits per heavy atom. The Bertz CT molecular complexity index is 656. The molecule has 2 rings (SSSR count). The van der Waals surface area contributed by atoms with Crippen LogP contribution in [-0.4, -0.2) is 45.3 Å². The third-order valence-electron chi connectivity index (χ3n) is 3.84. The Hall–Kier alpha value is -1.44. The summed E-state index contributed by atoms with van der Waals surface area (Å²) >= 11 is 0. The number of fused-ring (bicyclic) bond motifs is 1. The largest absolute Gasteiger partial charge is 0.310 e. The molecule has 1 N–H and O–H groups in total. The molecule has 1 amide bonds. The number of nitrogens with zero attached hydrogens (tertiary/aromatic N) is 2. The van der Waals surface area contributed by atoms with E-state index in [1.54, 1.807) is 4.90 Å². The van der Waals surface area contributed by atoms with Gasteiger partial charge in [-0.1, -0.05) is 32.0 Å². The van der Waals surface area contributed by atoms with Crippen molar-refractivity contribution < 1.29 is 13.2 Å². The van der Waals surface area contributed by atoms with Crippen molar-refractivity contribution in [3.05, 3.63) is 29.8 Å². The lowest BCUT2D eigenvalue weighted by Crippen LogP contribution is -2.53. The Labute approximate surface area is 132 Å².